The van der Waals surface area contributed by atoms with Gasteiger partial charge in [0.15, 0.2) is 0 Å². The van der Waals surface area contributed by atoms with Crippen LogP contribution in [0.1, 0.15) is 19.4 Å². The Labute approximate surface area is 168 Å². The molecule has 0 aliphatic carbocycles. The van der Waals surface area contributed by atoms with Crippen molar-refractivity contribution in [2.75, 3.05) is 13.7 Å². The summed E-state index contributed by atoms with van der Waals surface area (Å²) in [5, 5.41) is 21.2. The van der Waals surface area contributed by atoms with Gasteiger partial charge >= 0.3 is 5.63 Å². The molecular formula is C21H26O8. The van der Waals surface area contributed by atoms with Gasteiger partial charge in [0.25, 0.3) is 0 Å². The second-order valence-corrected chi connectivity index (χ2v) is 7.44. The largest absolute Gasteiger partial charge is 0.489 e. The molecule has 8 nitrogen and oxygen atoms in total. The average Bonchev–Trinajstić information content (AvgIpc) is 2.67. The summed E-state index contributed by atoms with van der Waals surface area (Å²) in [4.78, 5) is 12.0. The lowest BCUT2D eigenvalue weighted by atomic mass is 9.90. The number of aryl methyl sites for hydroxylation is 1. The van der Waals surface area contributed by atoms with Crippen molar-refractivity contribution < 1.29 is 33.6 Å². The fraction of sp³-hybridized carbons (Fsp3) is 0.476. The third-order valence-electron chi connectivity index (χ3n) is 5.01. The topological polar surface area (TPSA) is 108 Å². The number of fused-ring (bicyclic) bond motifs is 1. The fourth-order valence-electron chi connectivity index (χ4n) is 3.36. The van der Waals surface area contributed by atoms with Gasteiger partial charge in [-0.1, -0.05) is 12.7 Å². The van der Waals surface area contributed by atoms with Crippen molar-refractivity contribution in [2.45, 2.75) is 51.0 Å². The molecule has 1 aliphatic rings. The minimum absolute atomic E-state index is 0.247. The molecule has 3 rings (SSSR count). The Bertz CT molecular complexity index is 948. The van der Waals surface area contributed by atoms with Gasteiger partial charge in [-0.15, -0.1) is 0 Å². The second kappa shape index (κ2) is 8.16. The highest BCUT2D eigenvalue weighted by atomic mass is 16.7. The first-order valence-corrected chi connectivity index (χ1v) is 9.24. The van der Waals surface area contributed by atoms with E-state index in [1.54, 1.807) is 39.0 Å². The molecule has 0 bridgehead atoms. The van der Waals surface area contributed by atoms with Crippen LogP contribution < -0.4 is 15.1 Å². The zero-order valence-electron chi connectivity index (χ0n) is 16.9. The molecular weight excluding hydrogens is 380 g/mol. The van der Waals surface area contributed by atoms with E-state index in [4.69, 9.17) is 23.4 Å². The monoisotopic (exact) mass is 406 g/mol. The summed E-state index contributed by atoms with van der Waals surface area (Å²) in [6, 6.07) is 4.68. The normalized spacial score (nSPS) is 26.3. The first-order chi connectivity index (χ1) is 13.7. The van der Waals surface area contributed by atoms with Crippen LogP contribution in [-0.4, -0.2) is 54.1 Å². The number of aliphatic hydroxyl groups is 2. The zero-order valence-corrected chi connectivity index (χ0v) is 16.9. The third kappa shape index (κ3) is 4.02. The SMILES string of the molecule is C=CCOc1cc(=O)oc2c(C)c(O[C@@H]3OC(C)(C)[C@H](O)[C@@H](O)[C@H]3OC)ccc12. The van der Waals surface area contributed by atoms with Crippen molar-refractivity contribution in [3.8, 4) is 11.5 Å². The maximum Gasteiger partial charge on any atom is 0.339 e. The van der Waals surface area contributed by atoms with E-state index in [9.17, 15) is 15.0 Å². The Morgan fingerprint density at radius 2 is 2.00 bits per heavy atom. The predicted molar refractivity (Wildman–Crippen MR) is 105 cm³/mol. The van der Waals surface area contributed by atoms with Crippen LogP contribution in [0.5, 0.6) is 11.5 Å². The van der Waals surface area contributed by atoms with Gasteiger partial charge in [0.05, 0.1) is 17.1 Å². The van der Waals surface area contributed by atoms with Crippen molar-refractivity contribution in [3.63, 3.8) is 0 Å². The van der Waals surface area contributed by atoms with Crippen LogP contribution in [0.15, 0.2) is 40.1 Å². The summed E-state index contributed by atoms with van der Waals surface area (Å²) in [5.74, 6) is 0.766. The van der Waals surface area contributed by atoms with E-state index in [-0.39, 0.29) is 6.61 Å². The summed E-state index contributed by atoms with van der Waals surface area (Å²) < 4.78 is 28.1. The minimum Gasteiger partial charge on any atom is -0.489 e. The molecule has 2 aromatic rings. The molecule has 1 saturated heterocycles. The van der Waals surface area contributed by atoms with Crippen LogP contribution in [0.3, 0.4) is 0 Å². The molecule has 158 valence electrons. The quantitative estimate of drug-likeness (QED) is 0.553. The lowest BCUT2D eigenvalue weighted by molar-refractivity contribution is -0.306. The summed E-state index contributed by atoms with van der Waals surface area (Å²) in [6.07, 6.45) is -2.67. The Balaban J connectivity index is 1.99. The van der Waals surface area contributed by atoms with Gasteiger partial charge in [-0.05, 0) is 32.9 Å². The number of rotatable bonds is 6. The summed E-state index contributed by atoms with van der Waals surface area (Å²) in [5.41, 5.74) is -0.735. The van der Waals surface area contributed by atoms with Gasteiger partial charge in [0.1, 0.15) is 42.0 Å². The zero-order chi connectivity index (χ0) is 21.3. The van der Waals surface area contributed by atoms with E-state index in [0.717, 1.165) is 0 Å². The fourth-order valence-corrected chi connectivity index (χ4v) is 3.36. The number of hydrogen-bond donors (Lipinski definition) is 2. The van der Waals surface area contributed by atoms with Crippen molar-refractivity contribution >= 4 is 11.0 Å². The molecule has 0 unspecified atom stereocenters. The Morgan fingerprint density at radius 1 is 1.28 bits per heavy atom. The maximum absolute atomic E-state index is 12.0. The number of aliphatic hydroxyl groups excluding tert-OH is 2. The van der Waals surface area contributed by atoms with E-state index < -0.39 is 35.8 Å². The van der Waals surface area contributed by atoms with E-state index >= 15 is 0 Å². The van der Waals surface area contributed by atoms with Crippen LogP contribution >= 0.6 is 0 Å². The lowest BCUT2D eigenvalue weighted by Gasteiger charge is -2.46. The number of methoxy groups -OCH3 is 1. The molecule has 0 spiro atoms. The summed E-state index contributed by atoms with van der Waals surface area (Å²) in [7, 11) is 1.40. The Kier molecular flexibility index (Phi) is 6.00. The highest BCUT2D eigenvalue weighted by Crippen LogP contribution is 2.36. The molecule has 1 aromatic carbocycles. The second-order valence-electron chi connectivity index (χ2n) is 7.44. The highest BCUT2D eigenvalue weighted by Gasteiger charge is 2.50. The van der Waals surface area contributed by atoms with Gasteiger partial charge < -0.3 is 33.6 Å². The summed E-state index contributed by atoms with van der Waals surface area (Å²) >= 11 is 0. The third-order valence-corrected chi connectivity index (χ3v) is 5.01. The Hall–Kier alpha value is -2.39. The standard InChI is InChI=1S/C21H26O8/c1-6-9-26-14-10-15(22)28-17-11(2)13(8-7-12(14)17)27-20-18(25-5)16(23)19(24)21(3,4)29-20/h6-8,10,16,18-20,23-24H,1,9H2,2-5H3/t16-,18+,19+,20+/m0/s1. The number of benzene rings is 1. The molecule has 2 N–H and O–H groups in total. The van der Waals surface area contributed by atoms with Crippen molar-refractivity contribution in [1.29, 1.82) is 0 Å². The van der Waals surface area contributed by atoms with E-state index in [0.29, 0.717) is 28.0 Å². The van der Waals surface area contributed by atoms with Crippen LogP contribution in [0.4, 0.5) is 0 Å². The van der Waals surface area contributed by atoms with Crippen molar-refractivity contribution in [1.82, 2.24) is 0 Å². The molecule has 0 saturated carbocycles. The number of hydrogen-bond acceptors (Lipinski definition) is 8. The molecule has 29 heavy (non-hydrogen) atoms. The van der Waals surface area contributed by atoms with Gasteiger partial charge in [-0.3, -0.25) is 0 Å². The molecule has 8 heteroatoms. The van der Waals surface area contributed by atoms with Crippen LogP contribution in [0, 0.1) is 6.92 Å². The lowest BCUT2D eigenvalue weighted by Crippen LogP contribution is -2.63. The first-order valence-electron chi connectivity index (χ1n) is 9.24. The van der Waals surface area contributed by atoms with Gasteiger partial charge in [0, 0.05) is 12.7 Å². The molecule has 1 aliphatic heterocycles. The van der Waals surface area contributed by atoms with Gasteiger partial charge in [-0.2, -0.15) is 0 Å². The smallest absolute Gasteiger partial charge is 0.339 e. The van der Waals surface area contributed by atoms with Gasteiger partial charge in [0.2, 0.25) is 6.29 Å². The van der Waals surface area contributed by atoms with Crippen LogP contribution in [-0.2, 0) is 9.47 Å². The van der Waals surface area contributed by atoms with Crippen molar-refractivity contribution in [2.24, 2.45) is 0 Å². The predicted octanol–water partition coefficient (Wildman–Crippen LogP) is 1.92. The number of ether oxygens (including phenoxy) is 4. The molecule has 0 amide bonds. The maximum atomic E-state index is 12.0. The van der Waals surface area contributed by atoms with Gasteiger partial charge in [-0.25, -0.2) is 4.79 Å². The van der Waals surface area contributed by atoms with E-state index in [1.165, 1.54) is 13.2 Å². The minimum atomic E-state index is -1.20. The Morgan fingerprint density at radius 3 is 2.66 bits per heavy atom. The molecule has 2 heterocycles. The summed E-state index contributed by atoms with van der Waals surface area (Å²) in [6.45, 7) is 8.89. The van der Waals surface area contributed by atoms with Crippen LogP contribution in [0.25, 0.3) is 11.0 Å². The highest BCUT2D eigenvalue weighted by molar-refractivity contribution is 5.87. The van der Waals surface area contributed by atoms with Crippen molar-refractivity contribution in [3.05, 3.63) is 46.8 Å². The first kappa shape index (κ1) is 21.3. The van der Waals surface area contributed by atoms with E-state index in [1.807, 2.05) is 0 Å². The average molecular weight is 406 g/mol. The molecule has 1 aromatic heterocycles. The molecule has 4 atom stereocenters. The van der Waals surface area contributed by atoms with Crippen LogP contribution in [0.2, 0.25) is 0 Å². The molecule has 1 fully saturated rings. The molecule has 0 radical (unpaired) electrons. The van der Waals surface area contributed by atoms with E-state index in [2.05, 4.69) is 6.58 Å².